The molecule has 0 amide bonds. The number of nitrogens with two attached hydrogens (primary N) is 1. The van der Waals surface area contributed by atoms with E-state index in [0.29, 0.717) is 25.3 Å². The third-order valence-corrected chi connectivity index (χ3v) is 5.29. The summed E-state index contributed by atoms with van der Waals surface area (Å²) in [7, 11) is -2.04. The van der Waals surface area contributed by atoms with E-state index in [1.54, 1.807) is 19.2 Å². The average molecular weight is 314 g/mol. The zero-order valence-corrected chi connectivity index (χ0v) is 13.2. The van der Waals surface area contributed by atoms with Crippen LogP contribution in [0.15, 0.2) is 23.1 Å². The van der Waals surface area contributed by atoms with Crippen LogP contribution >= 0.6 is 0 Å². The molecule has 1 atom stereocenters. The van der Waals surface area contributed by atoms with E-state index in [9.17, 15) is 8.42 Å². The van der Waals surface area contributed by atoms with Crippen molar-refractivity contribution in [3.05, 3.63) is 23.8 Å². The molecule has 21 heavy (non-hydrogen) atoms. The molecule has 1 aromatic rings. The van der Waals surface area contributed by atoms with E-state index in [1.165, 1.54) is 6.07 Å². The number of ether oxygens (including phenoxy) is 2. The molecule has 0 radical (unpaired) electrons. The molecule has 1 fully saturated rings. The van der Waals surface area contributed by atoms with Crippen molar-refractivity contribution in [1.82, 2.24) is 4.72 Å². The molecule has 0 aromatic heterocycles. The molecule has 1 aromatic carbocycles. The molecule has 1 saturated heterocycles. The van der Waals surface area contributed by atoms with E-state index in [-0.39, 0.29) is 11.4 Å². The summed E-state index contributed by atoms with van der Waals surface area (Å²) in [5.74, 6) is 0. The highest BCUT2D eigenvalue weighted by molar-refractivity contribution is 7.89. The minimum Gasteiger partial charge on any atom is -0.398 e. The molecule has 3 N–H and O–H groups in total. The zero-order valence-electron chi connectivity index (χ0n) is 12.4. The first-order valence-electron chi connectivity index (χ1n) is 6.93. The van der Waals surface area contributed by atoms with Gasteiger partial charge in [-0.3, -0.25) is 0 Å². The number of nitrogens with one attached hydrogen (secondary N) is 1. The maximum atomic E-state index is 12.3. The number of hydrogen-bond donors (Lipinski definition) is 2. The van der Waals surface area contributed by atoms with Crippen LogP contribution in [0, 0.1) is 0 Å². The van der Waals surface area contributed by atoms with Crippen molar-refractivity contribution in [1.29, 1.82) is 0 Å². The van der Waals surface area contributed by atoms with Crippen molar-refractivity contribution in [2.24, 2.45) is 0 Å². The van der Waals surface area contributed by atoms with Crippen LogP contribution in [0.1, 0.15) is 18.9 Å². The Balaban J connectivity index is 2.13. The highest BCUT2D eigenvalue weighted by Crippen LogP contribution is 2.23. The predicted molar refractivity (Wildman–Crippen MR) is 80.6 cm³/mol. The summed E-state index contributed by atoms with van der Waals surface area (Å²) in [4.78, 5) is 0.169. The van der Waals surface area contributed by atoms with Gasteiger partial charge in [-0.25, -0.2) is 13.1 Å². The molecule has 0 spiro atoms. The van der Waals surface area contributed by atoms with Crippen molar-refractivity contribution in [2.75, 3.05) is 32.6 Å². The Morgan fingerprint density at radius 3 is 2.76 bits per heavy atom. The van der Waals surface area contributed by atoms with E-state index in [4.69, 9.17) is 15.2 Å². The molecular formula is C14H22N2O4S. The Morgan fingerprint density at radius 1 is 1.48 bits per heavy atom. The number of rotatable bonds is 6. The van der Waals surface area contributed by atoms with Gasteiger partial charge in [0.05, 0.1) is 11.5 Å². The highest BCUT2D eigenvalue weighted by atomic mass is 32.2. The lowest BCUT2D eigenvalue weighted by atomic mass is 10.0. The normalized spacial score (nSPS) is 22.6. The largest absolute Gasteiger partial charge is 0.398 e. The van der Waals surface area contributed by atoms with Crippen LogP contribution in [-0.2, 0) is 25.9 Å². The van der Waals surface area contributed by atoms with Crippen LogP contribution in [0.25, 0.3) is 0 Å². The fourth-order valence-electron chi connectivity index (χ4n) is 2.33. The second-order valence-electron chi connectivity index (χ2n) is 5.23. The Bertz CT molecular complexity index is 595. The van der Waals surface area contributed by atoms with Crippen LogP contribution in [0.2, 0.25) is 0 Å². The fourth-order valence-corrected chi connectivity index (χ4v) is 3.48. The van der Waals surface area contributed by atoms with Gasteiger partial charge in [-0.2, -0.15) is 0 Å². The lowest BCUT2D eigenvalue weighted by Gasteiger charge is -2.25. The standard InChI is InChI=1S/C14H22N2O4S/c1-3-11-4-5-12(8-13(11)15)21(17,18)16-9-14(19-2)6-7-20-10-14/h4-5,8,16H,3,6-7,9-10,15H2,1-2H3. The Hall–Kier alpha value is -1.15. The van der Waals surface area contributed by atoms with Crippen molar-refractivity contribution in [3.8, 4) is 0 Å². The molecule has 0 saturated carbocycles. The number of anilines is 1. The van der Waals surface area contributed by atoms with Crippen LogP contribution in [0.5, 0.6) is 0 Å². The monoisotopic (exact) mass is 314 g/mol. The first-order chi connectivity index (χ1) is 9.92. The Labute approximate surface area is 125 Å². The summed E-state index contributed by atoms with van der Waals surface area (Å²) in [6.45, 7) is 3.12. The molecule has 2 rings (SSSR count). The fraction of sp³-hybridized carbons (Fsp3) is 0.571. The summed E-state index contributed by atoms with van der Waals surface area (Å²) in [6.07, 6.45) is 1.44. The molecule has 118 valence electrons. The van der Waals surface area contributed by atoms with Crippen molar-refractivity contribution >= 4 is 15.7 Å². The predicted octanol–water partition coefficient (Wildman–Crippen LogP) is 0.915. The lowest BCUT2D eigenvalue weighted by Crippen LogP contribution is -2.44. The van der Waals surface area contributed by atoms with Crippen LogP contribution in [0.4, 0.5) is 5.69 Å². The second-order valence-corrected chi connectivity index (χ2v) is 7.00. The molecule has 1 aliphatic rings. The number of hydrogen-bond acceptors (Lipinski definition) is 5. The SMILES string of the molecule is CCc1ccc(S(=O)(=O)NCC2(OC)CCOC2)cc1N. The maximum absolute atomic E-state index is 12.3. The van der Waals surface area contributed by atoms with Gasteiger partial charge in [-0.1, -0.05) is 13.0 Å². The van der Waals surface area contributed by atoms with Crippen molar-refractivity contribution in [2.45, 2.75) is 30.3 Å². The second kappa shape index (κ2) is 6.31. The smallest absolute Gasteiger partial charge is 0.240 e. The Morgan fingerprint density at radius 2 is 2.24 bits per heavy atom. The molecule has 1 heterocycles. The molecule has 1 aliphatic heterocycles. The van der Waals surface area contributed by atoms with Gasteiger partial charge < -0.3 is 15.2 Å². The average Bonchev–Trinajstić information content (AvgIpc) is 2.95. The highest BCUT2D eigenvalue weighted by Gasteiger charge is 2.36. The molecule has 6 nitrogen and oxygen atoms in total. The van der Waals surface area contributed by atoms with Gasteiger partial charge in [-0.05, 0) is 24.1 Å². The van der Waals surface area contributed by atoms with Crippen LogP contribution in [0.3, 0.4) is 0 Å². The summed E-state index contributed by atoms with van der Waals surface area (Å²) < 4.78 is 38.0. The summed E-state index contributed by atoms with van der Waals surface area (Å²) in [6, 6.07) is 4.81. The maximum Gasteiger partial charge on any atom is 0.240 e. The number of aryl methyl sites for hydroxylation is 1. The molecule has 1 unspecified atom stereocenters. The lowest BCUT2D eigenvalue weighted by molar-refractivity contribution is -0.0120. The topological polar surface area (TPSA) is 90.7 Å². The number of methoxy groups -OCH3 is 1. The van der Waals surface area contributed by atoms with Crippen molar-refractivity contribution < 1.29 is 17.9 Å². The minimum atomic E-state index is -3.61. The summed E-state index contributed by atoms with van der Waals surface area (Å²) in [5, 5.41) is 0. The van der Waals surface area contributed by atoms with E-state index >= 15 is 0 Å². The van der Waals surface area contributed by atoms with Crippen LogP contribution < -0.4 is 10.5 Å². The first-order valence-corrected chi connectivity index (χ1v) is 8.42. The summed E-state index contributed by atoms with van der Waals surface area (Å²) >= 11 is 0. The van der Waals surface area contributed by atoms with E-state index in [2.05, 4.69) is 4.72 Å². The molecule has 7 heteroatoms. The van der Waals surface area contributed by atoms with Gasteiger partial charge in [-0.15, -0.1) is 0 Å². The van der Waals surface area contributed by atoms with Gasteiger partial charge in [0.15, 0.2) is 0 Å². The molecule has 0 bridgehead atoms. The number of nitrogen functional groups attached to an aromatic ring is 1. The van der Waals surface area contributed by atoms with Crippen LogP contribution in [-0.4, -0.2) is 40.9 Å². The van der Waals surface area contributed by atoms with Gasteiger partial charge in [0, 0.05) is 32.4 Å². The van der Waals surface area contributed by atoms with Gasteiger partial charge in [0.25, 0.3) is 0 Å². The van der Waals surface area contributed by atoms with E-state index in [0.717, 1.165) is 12.0 Å². The number of benzene rings is 1. The first kappa shape index (κ1) is 16.2. The van der Waals surface area contributed by atoms with E-state index < -0.39 is 15.6 Å². The summed E-state index contributed by atoms with van der Waals surface area (Å²) in [5.41, 5.74) is 6.71. The molecule has 0 aliphatic carbocycles. The van der Waals surface area contributed by atoms with Gasteiger partial charge in [0.2, 0.25) is 10.0 Å². The third kappa shape index (κ3) is 3.55. The van der Waals surface area contributed by atoms with Gasteiger partial charge in [0.1, 0.15) is 5.60 Å². The number of sulfonamides is 1. The Kier molecular flexibility index (Phi) is 4.88. The molecular weight excluding hydrogens is 292 g/mol. The van der Waals surface area contributed by atoms with Gasteiger partial charge >= 0.3 is 0 Å². The minimum absolute atomic E-state index is 0.169. The third-order valence-electron chi connectivity index (χ3n) is 3.89. The van der Waals surface area contributed by atoms with Crippen molar-refractivity contribution in [3.63, 3.8) is 0 Å². The quantitative estimate of drug-likeness (QED) is 0.762. The van der Waals surface area contributed by atoms with E-state index in [1.807, 2.05) is 6.92 Å². The zero-order chi connectivity index (χ0) is 15.5.